The van der Waals surface area contributed by atoms with Crippen LogP contribution >= 0.6 is 12.8 Å². The molecule has 1 aromatic carbocycles. The highest BCUT2D eigenvalue weighted by molar-refractivity contribution is 7.78. The summed E-state index contributed by atoms with van der Waals surface area (Å²) < 4.78 is 4.75. The van der Waals surface area contributed by atoms with Crippen molar-refractivity contribution in [1.29, 1.82) is 0 Å². The van der Waals surface area contributed by atoms with Crippen LogP contribution in [0.25, 0.3) is 0 Å². The van der Waals surface area contributed by atoms with Crippen LogP contribution in [0.2, 0.25) is 0 Å². The Kier molecular flexibility index (Phi) is 3.60. The molecule has 0 heterocycles. The topological polar surface area (TPSA) is 49.8 Å². The Morgan fingerprint density at radius 1 is 1.46 bits per heavy atom. The van der Waals surface area contributed by atoms with Gasteiger partial charge in [-0.1, -0.05) is 30.3 Å². The Morgan fingerprint density at radius 2 is 2.08 bits per heavy atom. The second-order valence-corrected chi connectivity index (χ2v) is 2.71. The molecule has 0 bridgehead atoms. The molecule has 0 fully saturated rings. The van der Waals surface area contributed by atoms with Crippen LogP contribution in [0, 0.1) is 0 Å². The van der Waals surface area contributed by atoms with Gasteiger partial charge >= 0.3 is 6.09 Å². The minimum absolute atomic E-state index is 0.100. The average Bonchev–Trinajstić information content (AvgIpc) is 2.15. The standard InChI is InChI=1S/C8H9NO3S/c10-8(9(11)13)12-6-7-4-2-1-3-5-7/h1-5,11,13H,6H2. The molecule has 1 aromatic rings. The van der Waals surface area contributed by atoms with Crippen LogP contribution in [0.4, 0.5) is 4.79 Å². The smallest absolute Gasteiger partial charge is 0.442 e. The number of nitrogens with zero attached hydrogens (tertiary/aromatic N) is 1. The van der Waals surface area contributed by atoms with E-state index in [9.17, 15) is 4.79 Å². The molecule has 1 amide bonds. The summed E-state index contributed by atoms with van der Waals surface area (Å²) in [6.45, 7) is 0.122. The summed E-state index contributed by atoms with van der Waals surface area (Å²) in [5, 5.41) is 8.52. The fourth-order valence-electron chi connectivity index (χ4n) is 0.777. The molecule has 0 atom stereocenters. The molecule has 13 heavy (non-hydrogen) atoms. The summed E-state index contributed by atoms with van der Waals surface area (Å²) in [6, 6.07) is 9.16. The van der Waals surface area contributed by atoms with Gasteiger partial charge in [0, 0.05) is 0 Å². The minimum atomic E-state index is -0.896. The van der Waals surface area contributed by atoms with E-state index in [1.807, 2.05) is 30.3 Å². The molecule has 0 spiro atoms. The van der Waals surface area contributed by atoms with Gasteiger partial charge in [-0.05, 0) is 18.4 Å². The summed E-state index contributed by atoms with van der Waals surface area (Å²) in [4.78, 5) is 10.7. The summed E-state index contributed by atoms with van der Waals surface area (Å²) in [7, 11) is 0. The minimum Gasteiger partial charge on any atom is -0.442 e. The lowest BCUT2D eigenvalue weighted by Crippen LogP contribution is -2.18. The van der Waals surface area contributed by atoms with E-state index in [0.717, 1.165) is 5.56 Å². The number of benzene rings is 1. The van der Waals surface area contributed by atoms with E-state index in [-0.39, 0.29) is 11.1 Å². The van der Waals surface area contributed by atoms with Crippen molar-refractivity contribution in [1.82, 2.24) is 4.47 Å². The first kappa shape index (κ1) is 9.88. The monoisotopic (exact) mass is 199 g/mol. The zero-order chi connectivity index (χ0) is 9.68. The van der Waals surface area contributed by atoms with Crippen molar-refractivity contribution in [2.75, 3.05) is 0 Å². The third-order valence-electron chi connectivity index (χ3n) is 1.37. The van der Waals surface area contributed by atoms with Crippen molar-refractivity contribution in [2.24, 2.45) is 0 Å². The number of hydrogen-bond donors (Lipinski definition) is 2. The zero-order valence-corrected chi connectivity index (χ0v) is 7.65. The molecular weight excluding hydrogens is 190 g/mol. The van der Waals surface area contributed by atoms with Gasteiger partial charge in [-0.25, -0.2) is 4.79 Å². The van der Waals surface area contributed by atoms with Gasteiger partial charge in [0.2, 0.25) is 0 Å². The van der Waals surface area contributed by atoms with E-state index in [1.54, 1.807) is 0 Å². The molecule has 0 saturated heterocycles. The molecule has 0 aromatic heterocycles. The van der Waals surface area contributed by atoms with Crippen LogP contribution in [0.3, 0.4) is 0 Å². The predicted molar refractivity (Wildman–Crippen MR) is 49.2 cm³/mol. The number of hydroxylamine groups is 1. The molecule has 0 aliphatic carbocycles. The third kappa shape index (κ3) is 3.35. The maximum Gasteiger partial charge on any atom is 0.444 e. The second-order valence-electron chi connectivity index (χ2n) is 2.33. The van der Waals surface area contributed by atoms with Gasteiger partial charge in [0.25, 0.3) is 0 Å². The van der Waals surface area contributed by atoms with Gasteiger partial charge in [0.1, 0.15) is 6.61 Å². The summed E-state index contributed by atoms with van der Waals surface area (Å²) in [5.74, 6) is 0. The van der Waals surface area contributed by atoms with Crippen LogP contribution in [0.15, 0.2) is 30.3 Å². The normalized spacial score (nSPS) is 9.38. The van der Waals surface area contributed by atoms with Gasteiger partial charge in [-0.2, -0.15) is 0 Å². The Hall–Kier alpha value is -1.20. The first-order chi connectivity index (χ1) is 6.20. The van der Waals surface area contributed by atoms with Crippen LogP contribution < -0.4 is 0 Å². The SMILES string of the molecule is O=C(OCc1ccccc1)N(O)S. The Morgan fingerprint density at radius 3 is 2.62 bits per heavy atom. The molecular formula is C8H9NO3S. The number of hydrogen-bond acceptors (Lipinski definition) is 4. The van der Waals surface area contributed by atoms with Crippen molar-refractivity contribution >= 4 is 18.9 Å². The quantitative estimate of drug-likeness (QED) is 0.434. The molecule has 1 rings (SSSR count). The molecule has 0 radical (unpaired) electrons. The van der Waals surface area contributed by atoms with Gasteiger partial charge in [-0.3, -0.25) is 5.21 Å². The highest BCUT2D eigenvalue weighted by atomic mass is 32.1. The number of carbonyl (C=O) groups excluding carboxylic acids is 1. The second kappa shape index (κ2) is 4.74. The van der Waals surface area contributed by atoms with E-state index >= 15 is 0 Å². The van der Waals surface area contributed by atoms with Crippen molar-refractivity contribution in [3.05, 3.63) is 35.9 Å². The first-order valence-corrected chi connectivity index (χ1v) is 3.98. The highest BCUT2D eigenvalue weighted by Gasteiger charge is 2.06. The van der Waals surface area contributed by atoms with E-state index < -0.39 is 6.09 Å². The first-order valence-electron chi connectivity index (χ1n) is 3.58. The van der Waals surface area contributed by atoms with Crippen molar-refractivity contribution < 1.29 is 14.7 Å². The molecule has 0 aliphatic heterocycles. The summed E-state index contributed by atoms with van der Waals surface area (Å²) in [6.07, 6.45) is -0.896. The molecule has 0 unspecified atom stereocenters. The molecule has 70 valence electrons. The van der Waals surface area contributed by atoms with Crippen LogP contribution in [0.1, 0.15) is 5.56 Å². The van der Waals surface area contributed by atoms with Gasteiger partial charge in [0.05, 0.1) is 0 Å². The molecule has 1 N–H and O–H groups in total. The van der Waals surface area contributed by atoms with Crippen molar-refractivity contribution in [2.45, 2.75) is 6.61 Å². The lowest BCUT2D eigenvalue weighted by Gasteiger charge is -2.07. The van der Waals surface area contributed by atoms with E-state index in [2.05, 4.69) is 17.6 Å². The van der Waals surface area contributed by atoms with Gasteiger partial charge in [0.15, 0.2) is 0 Å². The van der Waals surface area contributed by atoms with Crippen LogP contribution in [0.5, 0.6) is 0 Å². The third-order valence-corrected chi connectivity index (χ3v) is 1.53. The maximum atomic E-state index is 10.7. The van der Waals surface area contributed by atoms with Gasteiger partial charge < -0.3 is 4.74 Å². The summed E-state index contributed by atoms with van der Waals surface area (Å²) >= 11 is 3.35. The number of amides is 1. The van der Waals surface area contributed by atoms with E-state index in [4.69, 9.17) is 5.21 Å². The Labute approximate surface area is 81.2 Å². The van der Waals surface area contributed by atoms with Crippen LogP contribution in [-0.2, 0) is 11.3 Å². The fourth-order valence-corrected chi connectivity index (χ4v) is 0.835. The fraction of sp³-hybridized carbons (Fsp3) is 0.125. The maximum absolute atomic E-state index is 10.7. The van der Waals surface area contributed by atoms with Gasteiger partial charge in [-0.15, -0.1) is 4.47 Å². The summed E-state index contributed by atoms with van der Waals surface area (Å²) in [5.41, 5.74) is 0.853. The average molecular weight is 199 g/mol. The lowest BCUT2D eigenvalue weighted by atomic mass is 10.2. The zero-order valence-electron chi connectivity index (χ0n) is 6.75. The van der Waals surface area contributed by atoms with Crippen LogP contribution in [-0.4, -0.2) is 15.8 Å². The number of carbonyl (C=O) groups is 1. The van der Waals surface area contributed by atoms with E-state index in [0.29, 0.717) is 0 Å². The largest absolute Gasteiger partial charge is 0.444 e. The molecule has 0 saturated carbocycles. The highest BCUT2D eigenvalue weighted by Crippen LogP contribution is 2.02. The number of ether oxygens (including phenoxy) is 1. The number of thiol groups is 1. The molecule has 0 aliphatic rings. The Balaban J connectivity index is 2.40. The molecule has 5 heteroatoms. The van der Waals surface area contributed by atoms with E-state index in [1.165, 1.54) is 0 Å². The van der Waals surface area contributed by atoms with Crippen molar-refractivity contribution in [3.63, 3.8) is 0 Å². The number of rotatable bonds is 2. The van der Waals surface area contributed by atoms with Crippen molar-refractivity contribution in [3.8, 4) is 0 Å². The Bertz CT molecular complexity index is 276. The lowest BCUT2D eigenvalue weighted by molar-refractivity contribution is 0.00538. The predicted octanol–water partition coefficient (Wildman–Crippen LogP) is 1.86. The molecule has 4 nitrogen and oxygen atoms in total.